The highest BCUT2D eigenvalue weighted by Gasteiger charge is 2.63. The topological polar surface area (TPSA) is 215 Å². The summed E-state index contributed by atoms with van der Waals surface area (Å²) in [6.45, 7) is 6.93. The average Bonchev–Trinajstić information content (AvgIpc) is 3.94. The van der Waals surface area contributed by atoms with Gasteiger partial charge in [-0.2, -0.15) is 0 Å². The Hall–Kier alpha value is -5.39. The molecular formula is C43H55N7O10S. The van der Waals surface area contributed by atoms with E-state index in [9.17, 15) is 32.4 Å². The first kappa shape index (κ1) is 42.3. The van der Waals surface area contributed by atoms with Crippen LogP contribution in [0, 0.1) is 11.8 Å². The van der Waals surface area contributed by atoms with E-state index < -0.39 is 68.7 Å². The molecule has 328 valence electrons. The van der Waals surface area contributed by atoms with Crippen molar-refractivity contribution in [3.63, 3.8) is 0 Å². The monoisotopic (exact) mass is 861 g/mol. The van der Waals surface area contributed by atoms with Gasteiger partial charge in [-0.05, 0) is 89.2 Å². The van der Waals surface area contributed by atoms with Gasteiger partial charge in [-0.25, -0.2) is 23.0 Å². The van der Waals surface area contributed by atoms with E-state index in [0.717, 1.165) is 37.5 Å². The number of nitrogens with zero attached hydrogens (tertiary/aromatic N) is 3. The van der Waals surface area contributed by atoms with Crippen molar-refractivity contribution in [2.75, 3.05) is 39.3 Å². The van der Waals surface area contributed by atoms with Crippen molar-refractivity contribution in [1.29, 1.82) is 0 Å². The Morgan fingerprint density at radius 2 is 1.92 bits per heavy atom. The molecule has 2 bridgehead atoms. The molecular weight excluding hydrogens is 807 g/mol. The summed E-state index contributed by atoms with van der Waals surface area (Å²) in [5, 5.41) is 8.99. The molecule has 2 saturated heterocycles. The Balaban J connectivity index is 1.09. The summed E-state index contributed by atoms with van der Waals surface area (Å²) in [5.41, 5.74) is -0.284. The minimum atomic E-state index is -4.01. The van der Waals surface area contributed by atoms with Crippen LogP contribution in [0.5, 0.6) is 11.6 Å². The SMILES string of the molecule is C=C[C@@H]1C[C@]1(NC(=O)C1CC2CN1C(=O)CNC(=O)OC1CCCC1CC/C=C/Cc1c(nc3ccccc3c1OCCCN1CCNC1=O)O2)C(=O)NS(=O)(=O)C1(C)CC1. The van der Waals surface area contributed by atoms with Crippen LogP contribution < -0.4 is 30.1 Å². The Kier molecular flexibility index (Phi) is 11.9. The molecule has 8 rings (SSSR count). The number of fused-ring (bicyclic) bond motifs is 5. The molecule has 5 fully saturated rings. The lowest BCUT2D eigenvalue weighted by molar-refractivity contribution is -0.139. The number of rotatable bonds is 11. The molecule has 3 saturated carbocycles. The van der Waals surface area contributed by atoms with E-state index in [1.165, 1.54) is 11.0 Å². The molecule has 6 aliphatic rings. The molecule has 17 nitrogen and oxygen atoms in total. The molecule has 0 spiro atoms. The lowest BCUT2D eigenvalue weighted by atomic mass is 9.99. The summed E-state index contributed by atoms with van der Waals surface area (Å²) < 4.78 is 46.3. The van der Waals surface area contributed by atoms with Gasteiger partial charge in [0.05, 0.1) is 29.0 Å². The Morgan fingerprint density at radius 1 is 1.10 bits per heavy atom. The van der Waals surface area contributed by atoms with Gasteiger partial charge in [-0.1, -0.05) is 30.4 Å². The zero-order chi connectivity index (χ0) is 42.9. The Bertz CT molecular complexity index is 2230. The summed E-state index contributed by atoms with van der Waals surface area (Å²) in [5.74, 6) is -1.63. The van der Waals surface area contributed by atoms with Gasteiger partial charge < -0.3 is 40.0 Å². The van der Waals surface area contributed by atoms with E-state index >= 15 is 0 Å². The summed E-state index contributed by atoms with van der Waals surface area (Å²) in [7, 11) is -4.01. The molecule has 3 aliphatic carbocycles. The van der Waals surface area contributed by atoms with Crippen LogP contribution in [-0.2, 0) is 35.6 Å². The van der Waals surface area contributed by atoms with Gasteiger partial charge in [0.15, 0.2) is 0 Å². The number of amides is 6. The number of carbonyl (C=O) groups excluding carboxylic acids is 5. The highest BCUT2D eigenvalue weighted by molar-refractivity contribution is 7.91. The van der Waals surface area contributed by atoms with E-state index in [4.69, 9.17) is 19.2 Å². The lowest BCUT2D eigenvalue weighted by Gasteiger charge is -2.27. The third kappa shape index (κ3) is 8.86. The highest BCUT2D eigenvalue weighted by Crippen LogP contribution is 2.47. The van der Waals surface area contributed by atoms with Crippen LogP contribution >= 0.6 is 0 Å². The first-order chi connectivity index (χ1) is 29.3. The molecule has 1 aromatic carbocycles. The fraction of sp³-hybridized carbons (Fsp3) is 0.581. The maximum Gasteiger partial charge on any atom is 0.407 e. The largest absolute Gasteiger partial charge is 0.492 e. The molecule has 4 heterocycles. The van der Waals surface area contributed by atoms with Gasteiger partial charge >= 0.3 is 12.1 Å². The van der Waals surface area contributed by atoms with Gasteiger partial charge in [0.2, 0.25) is 27.7 Å². The van der Waals surface area contributed by atoms with E-state index in [1.54, 1.807) is 11.8 Å². The molecule has 0 radical (unpaired) electrons. The third-order valence-corrected chi connectivity index (χ3v) is 15.3. The summed E-state index contributed by atoms with van der Waals surface area (Å²) in [4.78, 5) is 75.2. The number of allylic oxidation sites excluding steroid dienone is 2. The number of nitrogens with one attached hydrogen (secondary N) is 4. The van der Waals surface area contributed by atoms with Gasteiger partial charge in [-0.15, -0.1) is 6.58 Å². The zero-order valence-electron chi connectivity index (χ0n) is 34.5. The fourth-order valence-electron chi connectivity index (χ4n) is 9.03. The number of hydrogen-bond acceptors (Lipinski definition) is 11. The third-order valence-electron chi connectivity index (χ3n) is 13.1. The Morgan fingerprint density at radius 3 is 2.67 bits per heavy atom. The number of carbonyl (C=O) groups is 5. The van der Waals surface area contributed by atoms with Crippen molar-refractivity contribution in [3.05, 3.63) is 54.6 Å². The predicted molar refractivity (Wildman–Crippen MR) is 223 cm³/mol. The second-order valence-electron chi connectivity index (χ2n) is 17.3. The van der Waals surface area contributed by atoms with Gasteiger partial charge in [0, 0.05) is 37.4 Å². The van der Waals surface area contributed by atoms with Crippen molar-refractivity contribution in [2.45, 2.75) is 106 Å². The maximum absolute atomic E-state index is 14.4. The number of pyridine rings is 1. The first-order valence-corrected chi connectivity index (χ1v) is 22.9. The number of urea groups is 1. The number of alkyl carbamates (subject to hydrolysis) is 1. The standard InChI is InChI=1S/C43H55N7O10S/c1-3-28-24-43(28,39(53)48-61(56,57)42(2)17-18-42)47-37(52)33-23-29-26-50(33)35(51)25-45-41(55)60-34-16-9-12-27(34)11-5-4-6-14-31-36(58-22-10-20-49-21-19-44-40(49)54)30-13-7-8-15-32(30)46-38(31)59-29/h3-4,6-8,13,15,27-29,33-34H,1,5,9-12,14,16-26H2,2H3,(H,44,54)(H,45,55)(H,47,52)(H,48,53)/b6-4+/t27?,28-,29?,33?,34?,43-/m1/s1. The quantitative estimate of drug-likeness (QED) is 0.190. The molecule has 2 aromatic rings. The van der Waals surface area contributed by atoms with E-state index in [-0.39, 0.29) is 43.3 Å². The van der Waals surface area contributed by atoms with Crippen LogP contribution in [-0.4, -0.2) is 121 Å². The van der Waals surface area contributed by atoms with Crippen LogP contribution in [0.2, 0.25) is 0 Å². The Labute approximate surface area is 355 Å². The van der Waals surface area contributed by atoms with Crippen molar-refractivity contribution >= 4 is 50.8 Å². The van der Waals surface area contributed by atoms with Crippen molar-refractivity contribution in [3.8, 4) is 11.6 Å². The average molecular weight is 862 g/mol. The number of benzene rings is 1. The normalized spacial score (nSPS) is 29.1. The van der Waals surface area contributed by atoms with Crippen LogP contribution in [0.4, 0.5) is 9.59 Å². The van der Waals surface area contributed by atoms with Gasteiger partial charge in [0.25, 0.3) is 5.91 Å². The van der Waals surface area contributed by atoms with Crippen LogP contribution in [0.15, 0.2) is 49.1 Å². The molecule has 6 atom stereocenters. The number of para-hydroxylation sites is 1. The van der Waals surface area contributed by atoms with Crippen molar-refractivity contribution in [2.24, 2.45) is 11.8 Å². The molecule has 18 heteroatoms. The van der Waals surface area contributed by atoms with E-state index in [0.29, 0.717) is 68.8 Å². The second kappa shape index (κ2) is 17.2. The van der Waals surface area contributed by atoms with E-state index in [1.807, 2.05) is 30.3 Å². The number of hydrogen-bond donors (Lipinski definition) is 4. The predicted octanol–water partition coefficient (Wildman–Crippen LogP) is 3.22. The minimum absolute atomic E-state index is 0.00350. The van der Waals surface area contributed by atoms with Crippen LogP contribution in [0.25, 0.3) is 10.9 Å². The number of sulfonamides is 1. The summed E-state index contributed by atoms with van der Waals surface area (Å²) in [6, 6.07) is 6.30. The summed E-state index contributed by atoms with van der Waals surface area (Å²) >= 11 is 0. The maximum atomic E-state index is 14.4. The zero-order valence-corrected chi connectivity index (χ0v) is 35.3. The summed E-state index contributed by atoms with van der Waals surface area (Å²) in [6.07, 6.45) is 9.92. The van der Waals surface area contributed by atoms with Crippen molar-refractivity contribution < 1.29 is 46.6 Å². The lowest BCUT2D eigenvalue weighted by Crippen LogP contribution is -2.57. The molecule has 4 unspecified atom stereocenters. The second-order valence-corrected chi connectivity index (χ2v) is 19.5. The van der Waals surface area contributed by atoms with Crippen LogP contribution in [0.3, 0.4) is 0 Å². The molecule has 3 aliphatic heterocycles. The number of aromatic nitrogens is 1. The number of ether oxygens (including phenoxy) is 3. The fourth-order valence-corrected chi connectivity index (χ4v) is 10.3. The molecule has 6 amide bonds. The van der Waals surface area contributed by atoms with Crippen LogP contribution in [0.1, 0.15) is 76.7 Å². The van der Waals surface area contributed by atoms with Gasteiger partial charge in [-0.3, -0.25) is 19.1 Å². The highest BCUT2D eigenvalue weighted by atomic mass is 32.2. The molecule has 1 aromatic heterocycles. The van der Waals surface area contributed by atoms with Crippen molar-refractivity contribution in [1.82, 2.24) is 35.5 Å². The molecule has 4 N–H and O–H groups in total. The smallest absolute Gasteiger partial charge is 0.407 e. The molecule has 61 heavy (non-hydrogen) atoms. The first-order valence-electron chi connectivity index (χ1n) is 21.4. The minimum Gasteiger partial charge on any atom is -0.492 e. The van der Waals surface area contributed by atoms with E-state index in [2.05, 4.69) is 33.3 Å². The van der Waals surface area contributed by atoms with Gasteiger partial charge in [0.1, 0.15) is 36.1 Å².